The van der Waals surface area contributed by atoms with Crippen LogP contribution in [0.4, 0.5) is 0 Å². The minimum Gasteiger partial charge on any atom is -0.481 e. The molecule has 6 N–H and O–H groups in total. The molecule has 0 fully saturated rings. The number of carbonyl (C=O) groups excluding carboxylic acids is 3. The van der Waals surface area contributed by atoms with Crippen LogP contribution in [-0.4, -0.2) is 88.0 Å². The van der Waals surface area contributed by atoms with E-state index >= 15 is 0 Å². The predicted octanol–water partition coefficient (Wildman–Crippen LogP) is 3.04. The number of nitrogens with one attached hydrogen (secondary N) is 4. The summed E-state index contributed by atoms with van der Waals surface area (Å²) in [5, 5.41) is 27.7. The van der Waals surface area contributed by atoms with Crippen molar-refractivity contribution in [2.75, 3.05) is 14.1 Å². The number of hydrogen-bond acceptors (Lipinski definition) is 6. The van der Waals surface area contributed by atoms with E-state index in [1.165, 1.54) is 11.8 Å². The first-order valence-electron chi connectivity index (χ1n) is 15.0. The minimum absolute atomic E-state index is 0.122. The third kappa shape index (κ3) is 8.93. The summed E-state index contributed by atoms with van der Waals surface area (Å²) in [7, 11) is 3.30. The van der Waals surface area contributed by atoms with Gasteiger partial charge in [0.15, 0.2) is 0 Å². The van der Waals surface area contributed by atoms with Crippen molar-refractivity contribution < 1.29 is 34.2 Å². The van der Waals surface area contributed by atoms with Crippen molar-refractivity contribution in [3.05, 3.63) is 47.7 Å². The van der Waals surface area contributed by atoms with Gasteiger partial charge in [-0.3, -0.25) is 19.2 Å². The second-order valence-electron chi connectivity index (χ2n) is 13.5. The predicted molar refractivity (Wildman–Crippen MR) is 173 cm³/mol. The molecule has 1 aromatic carbocycles. The van der Waals surface area contributed by atoms with Gasteiger partial charge in [0.05, 0.1) is 18.5 Å². The van der Waals surface area contributed by atoms with Crippen LogP contribution in [0, 0.1) is 11.3 Å². The number of benzene rings is 1. The van der Waals surface area contributed by atoms with Crippen LogP contribution in [0.3, 0.4) is 0 Å². The lowest BCUT2D eigenvalue weighted by Crippen LogP contribution is -2.61. The Bertz CT molecular complexity index is 1440. The first-order valence-corrected chi connectivity index (χ1v) is 15.0. The third-order valence-corrected chi connectivity index (χ3v) is 8.19. The molecule has 12 nitrogen and oxygen atoms in total. The summed E-state index contributed by atoms with van der Waals surface area (Å²) in [4.78, 5) is 68.1. The van der Waals surface area contributed by atoms with Gasteiger partial charge in [-0.1, -0.05) is 72.7 Å². The molecular weight excluding hydrogens is 578 g/mol. The van der Waals surface area contributed by atoms with E-state index in [4.69, 9.17) is 5.11 Å². The zero-order chi connectivity index (χ0) is 34.4. The smallest absolute Gasteiger partial charge is 0.326 e. The van der Waals surface area contributed by atoms with Crippen LogP contribution in [0.2, 0.25) is 0 Å². The summed E-state index contributed by atoms with van der Waals surface area (Å²) in [6.45, 7) is 14.7. The van der Waals surface area contributed by atoms with E-state index in [0.29, 0.717) is 0 Å². The Kier molecular flexibility index (Phi) is 12.1. The number of amides is 3. The molecule has 2 rings (SSSR count). The molecule has 0 aliphatic heterocycles. The summed E-state index contributed by atoms with van der Waals surface area (Å²) in [5.74, 6) is -4.48. The number of H-pyrrole nitrogens is 1. The molecule has 0 unspecified atom stereocenters. The fourth-order valence-corrected chi connectivity index (χ4v) is 5.53. The standard InChI is InChI=1S/C33H49N5O7/c1-18(2)24(15-19(3)28(41)36-23(31(44)45)16-25(39)40)38(10)30(43)27(32(4,5)6)37-29(42)26(34-9)33(7,8)21-17-35-22-14-12-11-13-20(21)22/h11-15,17-18,23-24,26-27,34-35H,16H2,1-10H3,(H,36,41)(H,37,42)(H,39,40)(H,44,45)/b19-15+/t23-,24-,26-,27-/m1/s1. The molecule has 2 aromatic rings. The fraction of sp³-hybridized carbons (Fsp3) is 0.545. The maximum Gasteiger partial charge on any atom is 0.326 e. The number of aromatic nitrogens is 1. The molecule has 0 saturated heterocycles. The van der Waals surface area contributed by atoms with Gasteiger partial charge >= 0.3 is 11.9 Å². The number of likely N-dealkylation sites (N-methyl/N-ethyl adjacent to an activating group) is 2. The molecule has 0 aliphatic rings. The topological polar surface area (TPSA) is 181 Å². The SMILES string of the molecule is CN[C@H](C(=O)N[C@H](C(=O)N(C)[C@H](/C=C(\C)C(=O)N[C@H](CC(=O)O)C(=O)O)C(C)C)C(C)(C)C)C(C)(C)c1c[nH]c2ccccc12. The van der Waals surface area contributed by atoms with Gasteiger partial charge in [0.25, 0.3) is 0 Å². The van der Waals surface area contributed by atoms with Crippen LogP contribution in [0.1, 0.15) is 67.4 Å². The summed E-state index contributed by atoms with van der Waals surface area (Å²) in [6.07, 6.45) is 2.68. The van der Waals surface area contributed by atoms with E-state index in [2.05, 4.69) is 20.9 Å². The molecule has 0 spiro atoms. The number of nitrogens with zero attached hydrogens (tertiary/aromatic N) is 1. The Morgan fingerprint density at radius 3 is 2.09 bits per heavy atom. The van der Waals surface area contributed by atoms with Gasteiger partial charge < -0.3 is 36.0 Å². The second kappa shape index (κ2) is 14.7. The number of carboxylic acid groups (broad SMARTS) is 2. The Morgan fingerprint density at radius 2 is 1.58 bits per heavy atom. The average molecular weight is 628 g/mol. The molecule has 248 valence electrons. The molecule has 12 heteroatoms. The first-order chi connectivity index (χ1) is 20.7. The lowest BCUT2D eigenvalue weighted by molar-refractivity contribution is -0.146. The maximum absolute atomic E-state index is 14.1. The summed E-state index contributed by atoms with van der Waals surface area (Å²) in [6, 6.07) is 4.02. The second-order valence-corrected chi connectivity index (χ2v) is 13.5. The quantitative estimate of drug-likeness (QED) is 0.173. The van der Waals surface area contributed by atoms with Crippen molar-refractivity contribution in [1.82, 2.24) is 25.8 Å². The van der Waals surface area contributed by atoms with Gasteiger partial charge in [0, 0.05) is 35.1 Å². The van der Waals surface area contributed by atoms with E-state index in [9.17, 15) is 29.1 Å². The summed E-state index contributed by atoms with van der Waals surface area (Å²) < 4.78 is 0. The van der Waals surface area contributed by atoms with Crippen molar-refractivity contribution in [1.29, 1.82) is 0 Å². The van der Waals surface area contributed by atoms with Gasteiger partial charge in [0.2, 0.25) is 17.7 Å². The number of fused-ring (bicyclic) bond motifs is 1. The number of carboxylic acids is 2. The molecule has 4 atom stereocenters. The van der Waals surface area contributed by atoms with Crippen LogP contribution in [-0.2, 0) is 29.4 Å². The zero-order valence-electron chi connectivity index (χ0n) is 27.9. The molecule has 0 saturated carbocycles. The zero-order valence-corrected chi connectivity index (χ0v) is 27.9. The van der Waals surface area contributed by atoms with Gasteiger partial charge in [-0.25, -0.2) is 4.79 Å². The number of carbonyl (C=O) groups is 5. The third-order valence-electron chi connectivity index (χ3n) is 8.19. The van der Waals surface area contributed by atoms with Crippen LogP contribution in [0.5, 0.6) is 0 Å². The largest absolute Gasteiger partial charge is 0.481 e. The Hall–Kier alpha value is -4.19. The molecule has 1 heterocycles. The maximum atomic E-state index is 14.1. The van der Waals surface area contributed by atoms with E-state index in [1.807, 2.05) is 78.9 Å². The number of hydrogen-bond donors (Lipinski definition) is 6. The lowest BCUT2D eigenvalue weighted by Gasteiger charge is -2.39. The van der Waals surface area contributed by atoms with Crippen LogP contribution in [0.15, 0.2) is 42.1 Å². The van der Waals surface area contributed by atoms with Crippen molar-refractivity contribution >= 4 is 40.6 Å². The van der Waals surface area contributed by atoms with Crippen molar-refractivity contribution in [2.45, 2.75) is 91.4 Å². The van der Waals surface area contributed by atoms with Gasteiger partial charge in [-0.05, 0) is 36.9 Å². The first kappa shape index (κ1) is 37.0. The molecule has 45 heavy (non-hydrogen) atoms. The number of aromatic amines is 1. The Balaban J connectivity index is 2.36. The molecule has 3 amide bonds. The van der Waals surface area contributed by atoms with Crippen molar-refractivity contribution in [2.24, 2.45) is 11.3 Å². The van der Waals surface area contributed by atoms with Crippen LogP contribution in [0.25, 0.3) is 10.9 Å². The minimum atomic E-state index is -1.61. The Morgan fingerprint density at radius 1 is 0.978 bits per heavy atom. The molecule has 1 aromatic heterocycles. The highest BCUT2D eigenvalue weighted by Gasteiger charge is 2.42. The highest BCUT2D eigenvalue weighted by Crippen LogP contribution is 2.34. The van der Waals surface area contributed by atoms with Crippen LogP contribution >= 0.6 is 0 Å². The van der Waals surface area contributed by atoms with Gasteiger partial charge in [-0.2, -0.15) is 0 Å². The fourth-order valence-electron chi connectivity index (χ4n) is 5.53. The van der Waals surface area contributed by atoms with Gasteiger partial charge in [-0.15, -0.1) is 0 Å². The average Bonchev–Trinajstić information content (AvgIpc) is 3.37. The monoisotopic (exact) mass is 627 g/mol. The molecule has 0 aliphatic carbocycles. The van der Waals surface area contributed by atoms with Crippen molar-refractivity contribution in [3.63, 3.8) is 0 Å². The molecule has 0 radical (unpaired) electrons. The van der Waals surface area contributed by atoms with E-state index in [0.717, 1.165) is 16.5 Å². The van der Waals surface area contributed by atoms with E-state index in [-0.39, 0.29) is 23.3 Å². The number of rotatable bonds is 14. The van der Waals surface area contributed by atoms with Crippen LogP contribution < -0.4 is 16.0 Å². The van der Waals surface area contributed by atoms with Crippen molar-refractivity contribution in [3.8, 4) is 0 Å². The highest BCUT2D eigenvalue weighted by atomic mass is 16.4. The molecule has 0 bridgehead atoms. The number of para-hydroxylation sites is 1. The Labute approximate surface area is 265 Å². The summed E-state index contributed by atoms with van der Waals surface area (Å²) >= 11 is 0. The van der Waals surface area contributed by atoms with E-state index < -0.39 is 59.3 Å². The lowest BCUT2D eigenvalue weighted by atomic mass is 9.76. The summed E-state index contributed by atoms with van der Waals surface area (Å²) in [5.41, 5.74) is 0.677. The molecular formula is C33H49N5O7. The number of aliphatic carboxylic acids is 2. The van der Waals surface area contributed by atoms with Gasteiger partial charge in [0.1, 0.15) is 12.1 Å². The highest BCUT2D eigenvalue weighted by molar-refractivity contribution is 5.97. The normalized spacial score (nSPS) is 15.2. The van der Waals surface area contributed by atoms with E-state index in [1.54, 1.807) is 20.2 Å².